The molecule has 1 nitrogen and oxygen atoms in total. The molecule has 1 heteroatoms. The van der Waals surface area contributed by atoms with E-state index in [1.807, 2.05) is 0 Å². The molecule has 0 saturated heterocycles. The lowest BCUT2D eigenvalue weighted by Gasteiger charge is -2.38. The van der Waals surface area contributed by atoms with Gasteiger partial charge in [0.05, 0.1) is 0 Å². The fourth-order valence-corrected chi connectivity index (χ4v) is 7.20. The second kappa shape index (κ2) is 8.19. The van der Waals surface area contributed by atoms with Crippen LogP contribution in [0.5, 0.6) is 11.5 Å². The van der Waals surface area contributed by atoms with Gasteiger partial charge >= 0.3 is 0 Å². The zero-order valence-corrected chi connectivity index (χ0v) is 23.0. The van der Waals surface area contributed by atoms with Crippen molar-refractivity contribution >= 4 is 10.8 Å². The van der Waals surface area contributed by atoms with Crippen molar-refractivity contribution in [1.82, 2.24) is 0 Å². The number of rotatable bonds is 2. The Labute approximate surface area is 235 Å². The minimum absolute atomic E-state index is 0.0692. The molecule has 8 rings (SSSR count). The van der Waals surface area contributed by atoms with Crippen LogP contribution in [0.15, 0.2) is 127 Å². The monoisotopic (exact) mass is 514 g/mol. The largest absolute Gasteiger partial charge is 0.457 e. The highest BCUT2D eigenvalue weighted by Gasteiger charge is 2.40. The highest BCUT2D eigenvalue weighted by atomic mass is 16.5. The standard InChI is InChI=1S/C39H30O/c1-38(2)33-22-18-25-11-7-8-14-29(25)37(33)30-20-17-26(23-34(30)38)27-19-21-32-36(24-27)40-35-16-10-9-15-31(35)39(32,3)28-12-5-4-6-13-28/h4-24H,1-3H3. The summed E-state index contributed by atoms with van der Waals surface area (Å²) < 4.78 is 6.59. The lowest BCUT2D eigenvalue weighted by Crippen LogP contribution is -2.29. The van der Waals surface area contributed by atoms with Crippen molar-refractivity contribution < 1.29 is 4.74 Å². The molecule has 0 saturated carbocycles. The van der Waals surface area contributed by atoms with Crippen molar-refractivity contribution in [3.8, 4) is 33.8 Å². The van der Waals surface area contributed by atoms with E-state index in [0.29, 0.717) is 0 Å². The van der Waals surface area contributed by atoms with E-state index in [2.05, 4.69) is 148 Å². The number of hydrogen-bond donors (Lipinski definition) is 0. The summed E-state index contributed by atoms with van der Waals surface area (Å²) in [5.74, 6) is 1.85. The van der Waals surface area contributed by atoms with Gasteiger partial charge in [0.15, 0.2) is 0 Å². The van der Waals surface area contributed by atoms with Crippen LogP contribution in [0.2, 0.25) is 0 Å². The summed E-state index contributed by atoms with van der Waals surface area (Å²) in [4.78, 5) is 0. The first-order valence-electron chi connectivity index (χ1n) is 14.1. The van der Waals surface area contributed by atoms with Crippen LogP contribution in [0, 0.1) is 0 Å². The molecule has 1 aliphatic carbocycles. The smallest absolute Gasteiger partial charge is 0.132 e. The van der Waals surface area contributed by atoms with Crippen LogP contribution in [0.4, 0.5) is 0 Å². The summed E-state index contributed by atoms with van der Waals surface area (Å²) in [6.45, 7) is 7.03. The van der Waals surface area contributed by atoms with Crippen LogP contribution in [0.1, 0.15) is 48.6 Å². The zero-order chi connectivity index (χ0) is 27.1. The van der Waals surface area contributed by atoms with Gasteiger partial charge in [0.1, 0.15) is 11.5 Å². The Balaban J connectivity index is 1.28. The SMILES string of the molecule is CC1(C)c2cc(-c3ccc4c(c3)Oc3ccccc3C4(C)c3ccccc3)ccc2-c2c1ccc1ccccc21. The third-order valence-corrected chi connectivity index (χ3v) is 9.42. The Morgan fingerprint density at radius 1 is 0.500 bits per heavy atom. The second-order valence-corrected chi connectivity index (χ2v) is 11.9. The summed E-state index contributed by atoms with van der Waals surface area (Å²) in [7, 11) is 0. The van der Waals surface area contributed by atoms with Gasteiger partial charge in [-0.2, -0.15) is 0 Å². The van der Waals surface area contributed by atoms with Crippen molar-refractivity contribution in [3.63, 3.8) is 0 Å². The first-order chi connectivity index (χ1) is 19.5. The van der Waals surface area contributed by atoms with E-state index < -0.39 is 0 Å². The first-order valence-corrected chi connectivity index (χ1v) is 14.1. The quantitative estimate of drug-likeness (QED) is 0.223. The molecular weight excluding hydrogens is 484 g/mol. The first kappa shape index (κ1) is 23.3. The van der Waals surface area contributed by atoms with Gasteiger partial charge in [-0.25, -0.2) is 0 Å². The maximum absolute atomic E-state index is 6.59. The molecule has 0 fully saturated rings. The van der Waals surface area contributed by atoms with E-state index in [4.69, 9.17) is 4.74 Å². The maximum Gasteiger partial charge on any atom is 0.132 e. The normalized spacial score (nSPS) is 17.9. The van der Waals surface area contributed by atoms with E-state index >= 15 is 0 Å². The lowest BCUT2D eigenvalue weighted by atomic mass is 9.69. The van der Waals surface area contributed by atoms with Gasteiger partial charge in [-0.1, -0.05) is 123 Å². The number of ether oxygens (including phenoxy) is 1. The van der Waals surface area contributed by atoms with Crippen LogP contribution in [0.3, 0.4) is 0 Å². The van der Waals surface area contributed by atoms with Crippen molar-refractivity contribution in [2.24, 2.45) is 0 Å². The average Bonchev–Trinajstić information content (AvgIpc) is 3.23. The van der Waals surface area contributed by atoms with Crippen LogP contribution in [-0.2, 0) is 10.8 Å². The van der Waals surface area contributed by atoms with E-state index in [-0.39, 0.29) is 10.8 Å². The number of benzene rings is 6. The van der Waals surface area contributed by atoms with Gasteiger partial charge in [0, 0.05) is 22.0 Å². The van der Waals surface area contributed by atoms with Crippen molar-refractivity contribution in [2.75, 3.05) is 0 Å². The van der Waals surface area contributed by atoms with Gasteiger partial charge < -0.3 is 4.74 Å². The van der Waals surface area contributed by atoms with Gasteiger partial charge in [0.25, 0.3) is 0 Å². The molecule has 1 atom stereocenters. The van der Waals surface area contributed by atoms with Gasteiger partial charge in [-0.05, 0) is 74.8 Å². The lowest BCUT2D eigenvalue weighted by molar-refractivity contribution is 0.427. The Bertz CT molecular complexity index is 1960. The van der Waals surface area contributed by atoms with Crippen LogP contribution < -0.4 is 4.74 Å². The van der Waals surface area contributed by atoms with Crippen molar-refractivity contribution in [3.05, 3.63) is 155 Å². The fourth-order valence-electron chi connectivity index (χ4n) is 7.20. The molecule has 1 heterocycles. The van der Waals surface area contributed by atoms with Gasteiger partial charge in [0.2, 0.25) is 0 Å². The van der Waals surface area contributed by atoms with Gasteiger partial charge in [-0.15, -0.1) is 0 Å². The average molecular weight is 515 g/mol. The van der Waals surface area contributed by atoms with E-state index in [1.165, 1.54) is 60.8 Å². The van der Waals surface area contributed by atoms with E-state index in [0.717, 1.165) is 11.5 Å². The Morgan fingerprint density at radius 3 is 2.05 bits per heavy atom. The molecule has 6 aromatic rings. The highest BCUT2D eigenvalue weighted by molar-refractivity contribution is 6.02. The summed E-state index contributed by atoms with van der Waals surface area (Å²) in [6.07, 6.45) is 0. The Morgan fingerprint density at radius 2 is 1.18 bits per heavy atom. The molecule has 0 bridgehead atoms. The molecule has 0 aromatic heterocycles. The molecule has 2 aliphatic rings. The molecule has 192 valence electrons. The molecule has 6 aromatic carbocycles. The predicted molar refractivity (Wildman–Crippen MR) is 165 cm³/mol. The Kier molecular flexibility index (Phi) is 4.77. The molecule has 0 radical (unpaired) electrons. The van der Waals surface area contributed by atoms with Crippen molar-refractivity contribution in [2.45, 2.75) is 31.6 Å². The molecule has 0 spiro atoms. The Hall–Kier alpha value is -4.62. The highest BCUT2D eigenvalue weighted by Crippen LogP contribution is 2.54. The topological polar surface area (TPSA) is 9.23 Å². The summed E-state index contributed by atoms with van der Waals surface area (Å²) in [5.41, 5.74) is 11.2. The molecule has 1 unspecified atom stereocenters. The minimum atomic E-state index is -0.299. The predicted octanol–water partition coefficient (Wildman–Crippen LogP) is 10.3. The summed E-state index contributed by atoms with van der Waals surface area (Å²) in [5, 5.41) is 2.63. The minimum Gasteiger partial charge on any atom is -0.457 e. The third-order valence-electron chi connectivity index (χ3n) is 9.42. The fraction of sp³-hybridized carbons (Fsp3) is 0.128. The molecule has 1 aliphatic heterocycles. The summed E-state index contributed by atoms with van der Waals surface area (Å²) in [6, 6.07) is 46.4. The molecular formula is C39H30O. The van der Waals surface area contributed by atoms with Crippen molar-refractivity contribution in [1.29, 1.82) is 0 Å². The maximum atomic E-state index is 6.59. The molecule has 0 N–H and O–H groups in total. The van der Waals surface area contributed by atoms with Crippen LogP contribution in [0.25, 0.3) is 33.0 Å². The molecule has 40 heavy (non-hydrogen) atoms. The van der Waals surface area contributed by atoms with Gasteiger partial charge in [-0.3, -0.25) is 0 Å². The van der Waals surface area contributed by atoms with Crippen LogP contribution >= 0.6 is 0 Å². The summed E-state index contributed by atoms with van der Waals surface area (Å²) >= 11 is 0. The number of fused-ring (bicyclic) bond motifs is 7. The zero-order valence-electron chi connectivity index (χ0n) is 23.0. The van der Waals surface area contributed by atoms with Crippen LogP contribution in [-0.4, -0.2) is 0 Å². The number of para-hydroxylation sites is 1. The third kappa shape index (κ3) is 3.09. The van der Waals surface area contributed by atoms with E-state index in [1.54, 1.807) is 0 Å². The van der Waals surface area contributed by atoms with E-state index in [9.17, 15) is 0 Å². The molecule has 0 amide bonds. The number of hydrogen-bond acceptors (Lipinski definition) is 1. The second-order valence-electron chi connectivity index (χ2n) is 11.9.